The van der Waals surface area contributed by atoms with Crippen LogP contribution in [0.4, 0.5) is 0 Å². The molecule has 0 radical (unpaired) electrons. The lowest BCUT2D eigenvalue weighted by Gasteiger charge is -2.29. The Morgan fingerprint density at radius 1 is 1.29 bits per heavy atom. The highest BCUT2D eigenvalue weighted by atomic mass is 35.5. The van der Waals surface area contributed by atoms with Crippen LogP contribution in [0.15, 0.2) is 23.2 Å². The molecule has 24 heavy (non-hydrogen) atoms. The molecule has 1 rings (SSSR count). The zero-order chi connectivity index (χ0) is 18.5. The third kappa shape index (κ3) is 7.25. The van der Waals surface area contributed by atoms with Gasteiger partial charge in [0.1, 0.15) is 0 Å². The molecule has 0 saturated heterocycles. The van der Waals surface area contributed by atoms with Crippen LogP contribution in [0, 0.1) is 0 Å². The number of sulfonamides is 1. The van der Waals surface area contributed by atoms with Crippen LogP contribution in [0.1, 0.15) is 19.4 Å². The molecule has 9 heteroatoms. The van der Waals surface area contributed by atoms with Crippen LogP contribution >= 0.6 is 23.2 Å². The van der Waals surface area contributed by atoms with Crippen LogP contribution in [0.5, 0.6) is 0 Å². The van der Waals surface area contributed by atoms with E-state index in [1.807, 2.05) is 24.1 Å². The number of nitrogens with one attached hydrogen (secondary N) is 2. The zero-order valence-corrected chi connectivity index (χ0v) is 16.8. The lowest BCUT2D eigenvalue weighted by molar-refractivity contribution is 0.422. The molecule has 6 nitrogen and oxygen atoms in total. The van der Waals surface area contributed by atoms with Crippen LogP contribution in [0.25, 0.3) is 0 Å². The number of halogens is 2. The molecule has 0 amide bonds. The van der Waals surface area contributed by atoms with E-state index in [2.05, 4.69) is 15.0 Å². The highest BCUT2D eigenvalue weighted by Gasteiger charge is 2.23. The summed E-state index contributed by atoms with van der Waals surface area (Å²) in [6.07, 6.45) is 1.14. The Morgan fingerprint density at radius 2 is 1.92 bits per heavy atom. The quantitative estimate of drug-likeness (QED) is 0.573. The van der Waals surface area contributed by atoms with Crippen molar-refractivity contribution < 1.29 is 8.42 Å². The van der Waals surface area contributed by atoms with Gasteiger partial charge in [-0.2, -0.15) is 0 Å². The van der Waals surface area contributed by atoms with Gasteiger partial charge in [0.2, 0.25) is 10.0 Å². The second kappa shape index (κ2) is 8.38. The first-order valence-corrected chi connectivity index (χ1v) is 9.93. The van der Waals surface area contributed by atoms with E-state index in [0.29, 0.717) is 29.1 Å². The Morgan fingerprint density at radius 3 is 2.42 bits per heavy atom. The van der Waals surface area contributed by atoms with Crippen molar-refractivity contribution in [1.29, 1.82) is 0 Å². The van der Waals surface area contributed by atoms with E-state index < -0.39 is 15.6 Å². The van der Waals surface area contributed by atoms with Gasteiger partial charge in [-0.3, -0.25) is 4.99 Å². The standard InChI is InChI=1S/C15H24Cl2N4O2S/c1-15(2,20-24(5,22)23)10-19-14(18-3)21(4)9-11-6-7-12(16)13(17)8-11/h6-8,20H,9-10H2,1-5H3,(H,18,19). The molecule has 0 spiro atoms. The smallest absolute Gasteiger partial charge is 0.209 e. The monoisotopic (exact) mass is 394 g/mol. The fraction of sp³-hybridized carbons (Fsp3) is 0.533. The summed E-state index contributed by atoms with van der Waals surface area (Å²) in [5, 5.41) is 4.19. The molecule has 0 heterocycles. The Balaban J connectivity index is 2.70. The van der Waals surface area contributed by atoms with Crippen LogP contribution < -0.4 is 10.0 Å². The van der Waals surface area contributed by atoms with Gasteiger partial charge in [0.15, 0.2) is 5.96 Å². The van der Waals surface area contributed by atoms with E-state index >= 15 is 0 Å². The Labute approximate surface area is 154 Å². The summed E-state index contributed by atoms with van der Waals surface area (Å²) in [5.74, 6) is 0.643. The molecule has 0 unspecified atom stereocenters. The van der Waals surface area contributed by atoms with E-state index in [1.54, 1.807) is 27.0 Å². The number of hydrogen-bond donors (Lipinski definition) is 2. The number of benzene rings is 1. The second-order valence-electron chi connectivity index (χ2n) is 6.26. The summed E-state index contributed by atoms with van der Waals surface area (Å²) < 4.78 is 25.4. The van der Waals surface area contributed by atoms with Crippen molar-refractivity contribution in [3.8, 4) is 0 Å². The van der Waals surface area contributed by atoms with Gasteiger partial charge in [0, 0.05) is 32.7 Å². The van der Waals surface area contributed by atoms with Gasteiger partial charge in [0.05, 0.1) is 16.3 Å². The molecule has 0 atom stereocenters. The number of hydrogen-bond acceptors (Lipinski definition) is 3. The van der Waals surface area contributed by atoms with Crippen LogP contribution in [-0.2, 0) is 16.6 Å². The van der Waals surface area contributed by atoms with Crippen molar-refractivity contribution in [2.75, 3.05) is 26.9 Å². The lowest BCUT2D eigenvalue weighted by atomic mass is 10.1. The lowest BCUT2D eigenvalue weighted by Crippen LogP contribution is -2.53. The molecular weight excluding hydrogens is 371 g/mol. The van der Waals surface area contributed by atoms with E-state index in [0.717, 1.165) is 11.8 Å². The minimum atomic E-state index is -3.28. The average molecular weight is 395 g/mol. The Bertz CT molecular complexity index is 705. The first-order valence-electron chi connectivity index (χ1n) is 7.28. The van der Waals surface area contributed by atoms with Crippen molar-refractivity contribution in [2.24, 2.45) is 4.99 Å². The van der Waals surface area contributed by atoms with Crippen molar-refractivity contribution >= 4 is 39.2 Å². The molecule has 0 aliphatic heterocycles. The normalized spacial score (nSPS) is 13.0. The van der Waals surface area contributed by atoms with Gasteiger partial charge in [-0.25, -0.2) is 13.1 Å². The van der Waals surface area contributed by atoms with Gasteiger partial charge in [-0.05, 0) is 31.5 Å². The fourth-order valence-corrected chi connectivity index (χ4v) is 3.61. The van der Waals surface area contributed by atoms with Gasteiger partial charge < -0.3 is 10.2 Å². The highest BCUT2D eigenvalue weighted by molar-refractivity contribution is 7.88. The largest absolute Gasteiger partial charge is 0.354 e. The van der Waals surface area contributed by atoms with Gasteiger partial charge in [0.25, 0.3) is 0 Å². The zero-order valence-electron chi connectivity index (χ0n) is 14.5. The summed E-state index contributed by atoms with van der Waals surface area (Å²) in [4.78, 5) is 6.13. The molecule has 1 aromatic carbocycles. The fourth-order valence-electron chi connectivity index (χ4n) is 2.21. The average Bonchev–Trinajstić information content (AvgIpc) is 2.40. The highest BCUT2D eigenvalue weighted by Crippen LogP contribution is 2.23. The topological polar surface area (TPSA) is 73.8 Å². The first-order chi connectivity index (χ1) is 10.9. The number of guanidine groups is 1. The number of aliphatic imine (C=N–C) groups is 1. The maximum Gasteiger partial charge on any atom is 0.209 e. The SMILES string of the molecule is CN=C(NCC(C)(C)NS(C)(=O)=O)N(C)Cc1ccc(Cl)c(Cl)c1. The number of nitrogens with zero attached hydrogens (tertiary/aromatic N) is 2. The van der Waals surface area contributed by atoms with Crippen molar-refractivity contribution in [1.82, 2.24) is 14.9 Å². The molecule has 0 fully saturated rings. The van der Waals surface area contributed by atoms with Crippen molar-refractivity contribution in [2.45, 2.75) is 25.9 Å². The van der Waals surface area contributed by atoms with Crippen LogP contribution in [0.2, 0.25) is 10.0 Å². The maximum atomic E-state index is 11.4. The molecule has 2 N–H and O–H groups in total. The van der Waals surface area contributed by atoms with E-state index in [4.69, 9.17) is 23.2 Å². The van der Waals surface area contributed by atoms with E-state index in [1.165, 1.54) is 0 Å². The first kappa shape index (κ1) is 21.0. The van der Waals surface area contributed by atoms with Gasteiger partial charge in [-0.1, -0.05) is 29.3 Å². The molecule has 0 aliphatic rings. The Kier molecular flexibility index (Phi) is 7.34. The third-order valence-corrected chi connectivity index (χ3v) is 4.79. The molecule has 0 saturated carbocycles. The second-order valence-corrected chi connectivity index (χ2v) is 8.83. The maximum absolute atomic E-state index is 11.4. The summed E-state index contributed by atoms with van der Waals surface area (Å²) >= 11 is 12.0. The van der Waals surface area contributed by atoms with E-state index in [9.17, 15) is 8.42 Å². The summed E-state index contributed by atoms with van der Waals surface area (Å²) in [5.41, 5.74) is 0.344. The van der Waals surface area contributed by atoms with Crippen LogP contribution in [-0.4, -0.2) is 51.7 Å². The summed E-state index contributed by atoms with van der Waals surface area (Å²) in [6.45, 7) is 4.57. The Hall–Kier alpha value is -1.02. The van der Waals surface area contributed by atoms with Gasteiger partial charge in [-0.15, -0.1) is 0 Å². The molecule has 0 aromatic heterocycles. The molecule has 0 bridgehead atoms. The summed E-state index contributed by atoms with van der Waals surface area (Å²) in [6, 6.07) is 5.46. The van der Waals surface area contributed by atoms with E-state index in [-0.39, 0.29) is 0 Å². The predicted octanol–water partition coefficient (Wildman–Crippen LogP) is 2.33. The molecule has 1 aromatic rings. The molecule has 0 aliphatic carbocycles. The third-order valence-electron chi connectivity index (χ3n) is 3.13. The van der Waals surface area contributed by atoms with Crippen molar-refractivity contribution in [3.05, 3.63) is 33.8 Å². The molecular formula is C15H24Cl2N4O2S. The van der Waals surface area contributed by atoms with Crippen molar-refractivity contribution in [3.63, 3.8) is 0 Å². The summed E-state index contributed by atoms with van der Waals surface area (Å²) in [7, 11) is 0.270. The minimum absolute atomic E-state index is 0.387. The van der Waals surface area contributed by atoms with Crippen LogP contribution in [0.3, 0.4) is 0 Å². The molecule has 136 valence electrons. The predicted molar refractivity (Wildman–Crippen MR) is 101 cm³/mol. The van der Waals surface area contributed by atoms with Gasteiger partial charge >= 0.3 is 0 Å². The number of rotatable bonds is 6. The minimum Gasteiger partial charge on any atom is -0.354 e.